The molecule has 0 fully saturated rings. The average Bonchev–Trinajstić information content (AvgIpc) is 2.31. The Balaban J connectivity index is 3.07. The van der Waals surface area contributed by atoms with Crippen LogP contribution in [-0.4, -0.2) is 18.7 Å². The van der Waals surface area contributed by atoms with Crippen LogP contribution in [0.1, 0.15) is 6.42 Å². The van der Waals surface area contributed by atoms with Gasteiger partial charge in [-0.05, 0) is 17.7 Å². The molecule has 0 heterocycles. The first-order chi connectivity index (χ1) is 6.69. The predicted molar refractivity (Wildman–Crippen MR) is 54.8 cm³/mol. The van der Waals surface area contributed by atoms with Crippen molar-refractivity contribution in [3.63, 3.8) is 0 Å². The summed E-state index contributed by atoms with van der Waals surface area (Å²) in [5, 5.41) is 0. The van der Waals surface area contributed by atoms with Gasteiger partial charge in [-0.15, -0.1) is 0 Å². The van der Waals surface area contributed by atoms with Gasteiger partial charge in [0.1, 0.15) is 12.6 Å². The van der Waals surface area contributed by atoms with Crippen molar-refractivity contribution in [1.29, 1.82) is 0 Å². The maximum absolute atomic E-state index is 13.2. The molecule has 0 radical (unpaired) electrons. The van der Waals surface area contributed by atoms with E-state index in [9.17, 15) is 14.0 Å². The summed E-state index contributed by atoms with van der Waals surface area (Å²) in [4.78, 5) is 20.9. The van der Waals surface area contributed by atoms with Crippen LogP contribution in [0.3, 0.4) is 0 Å². The van der Waals surface area contributed by atoms with E-state index in [1.165, 1.54) is 12.2 Å². The lowest BCUT2D eigenvalue weighted by Crippen LogP contribution is -1.98. The first kappa shape index (κ1) is 11.0. The van der Waals surface area contributed by atoms with Crippen LogP contribution in [0.2, 0.25) is 0 Å². The molecular weight excluding hydrogens is 251 g/mol. The lowest BCUT2D eigenvalue weighted by Gasteiger charge is -2.01. The Bertz CT molecular complexity index is 342. The van der Waals surface area contributed by atoms with Crippen molar-refractivity contribution in [3.05, 3.63) is 33.9 Å². The average molecular weight is 259 g/mol. The number of aldehydes is 2. The molecule has 0 saturated heterocycles. The molecule has 14 heavy (non-hydrogen) atoms. The summed E-state index contributed by atoms with van der Waals surface area (Å²) in [6.07, 6.45) is 4.31. The van der Waals surface area contributed by atoms with Crippen LogP contribution in [0.25, 0.3) is 0 Å². The van der Waals surface area contributed by atoms with Gasteiger partial charge in [0, 0.05) is 16.5 Å². The van der Waals surface area contributed by atoms with Crippen molar-refractivity contribution in [2.24, 2.45) is 0 Å². The third-order valence-corrected chi connectivity index (χ3v) is 2.54. The van der Waals surface area contributed by atoms with Crippen molar-refractivity contribution in [1.82, 2.24) is 0 Å². The minimum Gasteiger partial charge on any atom is -0.303 e. The Labute approximate surface area is 89.3 Å². The van der Waals surface area contributed by atoms with E-state index in [4.69, 9.17) is 0 Å². The third kappa shape index (κ3) is 2.48. The Morgan fingerprint density at radius 1 is 1.43 bits per heavy atom. The van der Waals surface area contributed by atoms with E-state index in [-0.39, 0.29) is 12.0 Å². The zero-order valence-electron chi connectivity index (χ0n) is 7.24. The second kappa shape index (κ2) is 5.00. The molecular formula is C10H8BrFO2. The van der Waals surface area contributed by atoms with E-state index in [2.05, 4.69) is 15.9 Å². The number of hydrogen-bond acceptors (Lipinski definition) is 2. The summed E-state index contributed by atoms with van der Waals surface area (Å²) in [7, 11) is 0. The molecule has 0 aliphatic heterocycles. The minimum absolute atomic E-state index is 0.119. The smallest absolute Gasteiger partial charge is 0.151 e. The number of halogens is 2. The molecule has 1 rings (SSSR count). The van der Waals surface area contributed by atoms with Crippen molar-refractivity contribution < 1.29 is 14.0 Å². The zero-order valence-corrected chi connectivity index (χ0v) is 8.83. The number of allylic oxidation sites excluding steroid dienone is 6. The van der Waals surface area contributed by atoms with Crippen LogP contribution in [-0.2, 0) is 9.59 Å². The molecule has 1 unspecified atom stereocenters. The standard InChI is InChI=1S/C10H8BrFO2/c11-9-2-1-7(3-4-13)8(6-14)5-10(9)12/h1-2,4-6,10H,3H2. The topological polar surface area (TPSA) is 34.1 Å². The first-order valence-electron chi connectivity index (χ1n) is 4.00. The normalized spacial score (nSPS) is 21.6. The molecule has 74 valence electrons. The number of carbonyl (C=O) groups excluding carboxylic acids is 2. The highest BCUT2D eigenvalue weighted by Crippen LogP contribution is 2.24. The zero-order chi connectivity index (χ0) is 10.6. The quantitative estimate of drug-likeness (QED) is 0.728. The van der Waals surface area contributed by atoms with Crippen LogP contribution in [0.5, 0.6) is 0 Å². The summed E-state index contributed by atoms with van der Waals surface area (Å²) >= 11 is 3.03. The summed E-state index contributed by atoms with van der Waals surface area (Å²) in [6, 6.07) is 0. The second-order valence-corrected chi connectivity index (χ2v) is 3.67. The molecule has 0 N–H and O–H groups in total. The highest BCUT2D eigenvalue weighted by atomic mass is 79.9. The van der Waals surface area contributed by atoms with E-state index in [1.54, 1.807) is 6.08 Å². The Morgan fingerprint density at radius 2 is 2.14 bits per heavy atom. The molecule has 1 aliphatic rings. The summed E-state index contributed by atoms with van der Waals surface area (Å²) in [5.74, 6) is 0. The van der Waals surface area contributed by atoms with Crippen LogP contribution < -0.4 is 0 Å². The molecule has 0 amide bonds. The lowest BCUT2D eigenvalue weighted by molar-refractivity contribution is -0.107. The van der Waals surface area contributed by atoms with Crippen LogP contribution in [0.15, 0.2) is 33.9 Å². The fourth-order valence-electron chi connectivity index (χ4n) is 1.10. The number of carbonyl (C=O) groups is 2. The van der Waals surface area contributed by atoms with Gasteiger partial charge in [-0.25, -0.2) is 4.39 Å². The SMILES string of the molecule is O=CCC1=CC=C(Br)C(F)C=C1C=O. The van der Waals surface area contributed by atoms with Gasteiger partial charge in [-0.2, -0.15) is 0 Å². The monoisotopic (exact) mass is 258 g/mol. The fourth-order valence-corrected chi connectivity index (χ4v) is 1.37. The van der Waals surface area contributed by atoms with E-state index in [0.717, 1.165) is 0 Å². The van der Waals surface area contributed by atoms with E-state index in [0.29, 0.717) is 22.6 Å². The number of hydrogen-bond donors (Lipinski definition) is 0. The molecule has 0 aromatic rings. The van der Waals surface area contributed by atoms with Gasteiger partial charge in [0.15, 0.2) is 6.17 Å². The molecule has 0 aromatic carbocycles. The van der Waals surface area contributed by atoms with Gasteiger partial charge in [-0.1, -0.05) is 22.0 Å². The van der Waals surface area contributed by atoms with E-state index < -0.39 is 6.17 Å². The van der Waals surface area contributed by atoms with Crippen molar-refractivity contribution >= 4 is 28.5 Å². The fraction of sp³-hybridized carbons (Fsp3) is 0.200. The molecule has 1 aliphatic carbocycles. The molecule has 2 nitrogen and oxygen atoms in total. The van der Waals surface area contributed by atoms with Crippen molar-refractivity contribution in [3.8, 4) is 0 Å². The Kier molecular flexibility index (Phi) is 3.95. The van der Waals surface area contributed by atoms with E-state index >= 15 is 0 Å². The Hall–Kier alpha value is -1.03. The third-order valence-electron chi connectivity index (χ3n) is 1.83. The Morgan fingerprint density at radius 3 is 2.71 bits per heavy atom. The second-order valence-electron chi connectivity index (χ2n) is 2.76. The van der Waals surface area contributed by atoms with Crippen LogP contribution >= 0.6 is 15.9 Å². The summed E-state index contributed by atoms with van der Waals surface area (Å²) in [5.41, 5.74) is 0.766. The van der Waals surface area contributed by atoms with Gasteiger partial charge in [0.2, 0.25) is 0 Å². The van der Waals surface area contributed by atoms with Crippen LogP contribution in [0, 0.1) is 0 Å². The van der Waals surface area contributed by atoms with Gasteiger partial charge in [0.05, 0.1) is 0 Å². The van der Waals surface area contributed by atoms with Crippen LogP contribution in [0.4, 0.5) is 4.39 Å². The van der Waals surface area contributed by atoms with Gasteiger partial charge in [-0.3, -0.25) is 4.79 Å². The molecule has 1 atom stereocenters. The lowest BCUT2D eigenvalue weighted by atomic mass is 10.0. The minimum atomic E-state index is -1.32. The van der Waals surface area contributed by atoms with E-state index in [1.807, 2.05) is 0 Å². The molecule has 0 bridgehead atoms. The number of alkyl halides is 1. The molecule has 0 aromatic heterocycles. The summed E-state index contributed by atoms with van der Waals surface area (Å²) < 4.78 is 13.6. The van der Waals surface area contributed by atoms with Crippen molar-refractivity contribution in [2.45, 2.75) is 12.6 Å². The van der Waals surface area contributed by atoms with Crippen molar-refractivity contribution in [2.75, 3.05) is 0 Å². The first-order valence-corrected chi connectivity index (χ1v) is 4.79. The maximum atomic E-state index is 13.2. The molecule has 0 saturated carbocycles. The number of rotatable bonds is 3. The van der Waals surface area contributed by atoms with Gasteiger partial charge >= 0.3 is 0 Å². The highest BCUT2D eigenvalue weighted by Gasteiger charge is 2.14. The highest BCUT2D eigenvalue weighted by molar-refractivity contribution is 9.11. The largest absolute Gasteiger partial charge is 0.303 e. The van der Waals surface area contributed by atoms with Gasteiger partial charge in [0.25, 0.3) is 0 Å². The van der Waals surface area contributed by atoms with Gasteiger partial charge < -0.3 is 4.79 Å². The summed E-state index contributed by atoms with van der Waals surface area (Å²) in [6.45, 7) is 0. The molecule has 4 heteroatoms. The predicted octanol–water partition coefficient (Wildman–Crippen LogP) is 2.26. The molecule has 0 spiro atoms. The maximum Gasteiger partial charge on any atom is 0.151 e.